The number of urea groups is 1. The molecule has 0 fully saturated rings. The fourth-order valence-electron chi connectivity index (χ4n) is 2.90. The van der Waals surface area contributed by atoms with Gasteiger partial charge in [-0.1, -0.05) is 51.2 Å². The van der Waals surface area contributed by atoms with Crippen molar-refractivity contribution in [2.24, 2.45) is 0 Å². The fraction of sp³-hybridized carbons (Fsp3) is 0.762. The van der Waals surface area contributed by atoms with Crippen molar-refractivity contribution in [1.29, 1.82) is 0 Å². The molecule has 0 unspecified atom stereocenters. The van der Waals surface area contributed by atoms with Crippen LogP contribution in [0, 0.1) is 0 Å². The molecule has 0 saturated carbocycles. The van der Waals surface area contributed by atoms with E-state index in [9.17, 15) is 4.79 Å². The van der Waals surface area contributed by atoms with E-state index in [1.807, 2.05) is 0 Å². The van der Waals surface area contributed by atoms with Gasteiger partial charge in [0.2, 0.25) is 0 Å². The topological polar surface area (TPSA) is 82.7 Å². The SMILES string of the molecule is CCCCCNC(=O)NCCCC/C=C\CCCCCCCc1nnc[nH]1. The Kier molecular flexibility index (Phi) is 15.1. The molecule has 0 aliphatic rings. The molecule has 0 aliphatic heterocycles. The monoisotopic (exact) mass is 377 g/mol. The van der Waals surface area contributed by atoms with Gasteiger partial charge >= 0.3 is 6.03 Å². The van der Waals surface area contributed by atoms with Gasteiger partial charge in [0, 0.05) is 19.5 Å². The van der Waals surface area contributed by atoms with Crippen LogP contribution in [0.15, 0.2) is 18.5 Å². The first-order valence-electron chi connectivity index (χ1n) is 10.8. The van der Waals surface area contributed by atoms with E-state index in [2.05, 4.69) is 44.9 Å². The summed E-state index contributed by atoms with van der Waals surface area (Å²) in [4.78, 5) is 14.6. The van der Waals surface area contributed by atoms with E-state index in [0.29, 0.717) is 0 Å². The molecular weight excluding hydrogens is 338 g/mol. The maximum atomic E-state index is 11.5. The van der Waals surface area contributed by atoms with E-state index in [-0.39, 0.29) is 6.03 Å². The lowest BCUT2D eigenvalue weighted by molar-refractivity contribution is 0.240. The molecule has 0 aliphatic carbocycles. The molecule has 0 spiro atoms. The minimum absolute atomic E-state index is 0.0255. The van der Waals surface area contributed by atoms with Crippen LogP contribution in [-0.4, -0.2) is 34.3 Å². The van der Waals surface area contributed by atoms with Gasteiger partial charge in [0.05, 0.1) is 0 Å². The zero-order valence-corrected chi connectivity index (χ0v) is 17.1. The predicted octanol–water partition coefficient (Wildman–Crippen LogP) is 4.90. The van der Waals surface area contributed by atoms with Gasteiger partial charge in [-0.2, -0.15) is 0 Å². The molecule has 0 atom stereocenters. The summed E-state index contributed by atoms with van der Waals surface area (Å²) >= 11 is 0. The lowest BCUT2D eigenvalue weighted by Crippen LogP contribution is -2.36. The molecule has 0 saturated heterocycles. The van der Waals surface area contributed by atoms with Gasteiger partial charge in [0.25, 0.3) is 0 Å². The maximum absolute atomic E-state index is 11.5. The fourth-order valence-corrected chi connectivity index (χ4v) is 2.90. The largest absolute Gasteiger partial charge is 0.338 e. The Morgan fingerprint density at radius 1 is 0.926 bits per heavy atom. The summed E-state index contributed by atoms with van der Waals surface area (Å²) in [6, 6.07) is -0.0255. The molecule has 3 N–H and O–H groups in total. The average molecular weight is 378 g/mol. The van der Waals surface area contributed by atoms with Gasteiger partial charge < -0.3 is 15.6 Å². The molecule has 6 heteroatoms. The highest BCUT2D eigenvalue weighted by Crippen LogP contribution is 2.08. The highest BCUT2D eigenvalue weighted by Gasteiger charge is 1.98. The Morgan fingerprint density at radius 3 is 2.22 bits per heavy atom. The van der Waals surface area contributed by atoms with Crippen molar-refractivity contribution in [3.8, 4) is 0 Å². The average Bonchev–Trinajstić information content (AvgIpc) is 3.19. The third-order valence-electron chi connectivity index (χ3n) is 4.57. The molecule has 0 aromatic carbocycles. The quantitative estimate of drug-likeness (QED) is 0.267. The number of carbonyl (C=O) groups is 1. The first kappa shape index (κ1) is 23.2. The Hall–Kier alpha value is -1.85. The summed E-state index contributed by atoms with van der Waals surface area (Å²) < 4.78 is 0. The van der Waals surface area contributed by atoms with E-state index in [4.69, 9.17) is 0 Å². The molecule has 6 nitrogen and oxygen atoms in total. The van der Waals surface area contributed by atoms with Gasteiger partial charge in [-0.3, -0.25) is 0 Å². The first-order valence-corrected chi connectivity index (χ1v) is 10.8. The Balaban J connectivity index is 1.77. The molecule has 27 heavy (non-hydrogen) atoms. The summed E-state index contributed by atoms with van der Waals surface area (Å²) in [6.07, 6.45) is 21.5. The number of nitrogens with zero attached hydrogens (tertiary/aromatic N) is 2. The number of aryl methyl sites for hydroxylation is 1. The lowest BCUT2D eigenvalue weighted by Gasteiger charge is -2.06. The number of aromatic nitrogens is 3. The van der Waals surface area contributed by atoms with E-state index in [1.54, 1.807) is 6.33 Å². The number of hydrogen-bond acceptors (Lipinski definition) is 3. The van der Waals surface area contributed by atoms with Crippen LogP contribution in [-0.2, 0) is 6.42 Å². The maximum Gasteiger partial charge on any atom is 0.314 e. The number of carbonyl (C=O) groups excluding carboxylic acids is 1. The molecule has 0 radical (unpaired) electrons. The summed E-state index contributed by atoms with van der Waals surface area (Å²) in [5.41, 5.74) is 0. The van der Waals surface area contributed by atoms with E-state index < -0.39 is 0 Å². The van der Waals surface area contributed by atoms with Gasteiger partial charge in [-0.05, 0) is 44.9 Å². The third kappa shape index (κ3) is 15.0. The van der Waals surface area contributed by atoms with Crippen LogP contribution in [0.1, 0.15) is 89.8 Å². The predicted molar refractivity (Wildman–Crippen MR) is 112 cm³/mol. The Morgan fingerprint density at radius 2 is 1.56 bits per heavy atom. The van der Waals surface area contributed by atoms with Crippen molar-refractivity contribution in [3.63, 3.8) is 0 Å². The van der Waals surface area contributed by atoms with Crippen LogP contribution in [0.2, 0.25) is 0 Å². The molecule has 1 heterocycles. The number of nitrogens with one attached hydrogen (secondary N) is 3. The Labute approximate surface area is 165 Å². The number of hydrogen-bond donors (Lipinski definition) is 3. The zero-order valence-electron chi connectivity index (χ0n) is 17.1. The second-order valence-electron chi connectivity index (χ2n) is 7.10. The van der Waals surface area contributed by atoms with Crippen molar-refractivity contribution in [2.45, 2.75) is 90.4 Å². The molecule has 2 amide bonds. The van der Waals surface area contributed by atoms with E-state index in [0.717, 1.165) is 51.0 Å². The van der Waals surface area contributed by atoms with Crippen molar-refractivity contribution < 1.29 is 4.79 Å². The number of H-pyrrole nitrogens is 1. The number of allylic oxidation sites excluding steroid dienone is 2. The molecule has 1 rings (SSSR count). The number of rotatable bonds is 17. The van der Waals surface area contributed by atoms with Crippen molar-refractivity contribution in [3.05, 3.63) is 24.3 Å². The van der Waals surface area contributed by atoms with Gasteiger partial charge in [-0.25, -0.2) is 4.79 Å². The van der Waals surface area contributed by atoms with E-state index >= 15 is 0 Å². The minimum atomic E-state index is -0.0255. The zero-order chi connectivity index (χ0) is 19.4. The van der Waals surface area contributed by atoms with Crippen LogP contribution >= 0.6 is 0 Å². The van der Waals surface area contributed by atoms with Crippen molar-refractivity contribution in [1.82, 2.24) is 25.8 Å². The minimum Gasteiger partial charge on any atom is -0.338 e. The number of amides is 2. The van der Waals surface area contributed by atoms with Crippen LogP contribution in [0.25, 0.3) is 0 Å². The summed E-state index contributed by atoms with van der Waals surface area (Å²) in [5.74, 6) is 1.00. The lowest BCUT2D eigenvalue weighted by atomic mass is 10.1. The van der Waals surface area contributed by atoms with Crippen LogP contribution in [0.3, 0.4) is 0 Å². The second-order valence-corrected chi connectivity index (χ2v) is 7.10. The van der Waals surface area contributed by atoms with Gasteiger partial charge in [0.1, 0.15) is 12.2 Å². The van der Waals surface area contributed by atoms with Crippen molar-refractivity contribution in [2.75, 3.05) is 13.1 Å². The highest BCUT2D eigenvalue weighted by atomic mass is 16.2. The third-order valence-corrected chi connectivity index (χ3v) is 4.57. The Bertz CT molecular complexity index is 473. The normalized spacial score (nSPS) is 11.1. The van der Waals surface area contributed by atoms with E-state index in [1.165, 1.54) is 51.4 Å². The molecule has 1 aromatic heterocycles. The van der Waals surface area contributed by atoms with Gasteiger partial charge in [0.15, 0.2) is 0 Å². The van der Waals surface area contributed by atoms with Crippen molar-refractivity contribution >= 4 is 6.03 Å². The molecule has 1 aromatic rings. The summed E-state index contributed by atoms with van der Waals surface area (Å²) in [6.45, 7) is 3.71. The number of aromatic amines is 1. The first-order chi connectivity index (χ1) is 13.3. The van der Waals surface area contributed by atoms with Gasteiger partial charge in [-0.15, -0.1) is 10.2 Å². The highest BCUT2D eigenvalue weighted by molar-refractivity contribution is 5.73. The summed E-state index contributed by atoms with van der Waals surface area (Å²) in [5, 5.41) is 13.6. The molecule has 154 valence electrons. The van der Waals surface area contributed by atoms with Crippen LogP contribution in [0.5, 0.6) is 0 Å². The van der Waals surface area contributed by atoms with Crippen LogP contribution in [0.4, 0.5) is 4.79 Å². The molecule has 0 bridgehead atoms. The smallest absolute Gasteiger partial charge is 0.314 e. The second kappa shape index (κ2) is 17.6. The summed E-state index contributed by atoms with van der Waals surface area (Å²) in [7, 11) is 0. The molecular formula is C21H39N5O. The standard InChI is InChI=1S/C21H39N5O/c1-2-3-14-17-22-21(27)23-18-15-12-10-8-6-4-5-7-9-11-13-16-20-24-19-25-26-20/h6,8,19H,2-5,7,9-18H2,1H3,(H2,22,23,27)(H,24,25,26)/b8-6-. The number of unbranched alkanes of at least 4 members (excludes halogenated alkanes) is 9. The van der Waals surface area contributed by atoms with Crippen LogP contribution < -0.4 is 10.6 Å².